The zero-order valence-electron chi connectivity index (χ0n) is 14.1. The third-order valence-corrected chi connectivity index (χ3v) is 4.63. The molecule has 3 nitrogen and oxygen atoms in total. The van der Waals surface area contributed by atoms with Crippen molar-refractivity contribution in [2.45, 2.75) is 19.4 Å². The molecule has 1 aliphatic rings. The van der Waals surface area contributed by atoms with Gasteiger partial charge in [0.25, 0.3) is 0 Å². The van der Waals surface area contributed by atoms with E-state index in [1.807, 2.05) is 0 Å². The number of piperazine rings is 1. The van der Waals surface area contributed by atoms with Crippen LogP contribution in [-0.4, -0.2) is 38.2 Å². The van der Waals surface area contributed by atoms with Crippen LogP contribution in [0.15, 0.2) is 48.6 Å². The maximum atomic E-state index is 5.55. The monoisotopic (exact) mass is 310 g/mol. The minimum absolute atomic E-state index is 0.380. The summed E-state index contributed by atoms with van der Waals surface area (Å²) in [5.41, 5.74) is 2.61. The summed E-state index contributed by atoms with van der Waals surface area (Å²) >= 11 is 0. The predicted molar refractivity (Wildman–Crippen MR) is 97.1 cm³/mol. The van der Waals surface area contributed by atoms with Crippen LogP contribution in [0.4, 0.5) is 0 Å². The van der Waals surface area contributed by atoms with E-state index in [0.717, 1.165) is 38.3 Å². The van der Waals surface area contributed by atoms with Gasteiger partial charge >= 0.3 is 0 Å². The average molecular weight is 310 g/mol. The lowest BCUT2D eigenvalue weighted by molar-refractivity contribution is 0.173. The summed E-state index contributed by atoms with van der Waals surface area (Å²) in [5.74, 6) is 0.943. The van der Waals surface area contributed by atoms with Gasteiger partial charge in [0.15, 0.2) is 0 Å². The number of fused-ring (bicyclic) bond motifs is 1. The molecule has 1 atom stereocenters. The first-order valence-corrected chi connectivity index (χ1v) is 8.35. The van der Waals surface area contributed by atoms with E-state index in [1.165, 1.54) is 21.9 Å². The molecule has 1 saturated heterocycles. The molecule has 1 heterocycles. The lowest BCUT2D eigenvalue weighted by Gasteiger charge is -2.36. The second kappa shape index (κ2) is 7.16. The van der Waals surface area contributed by atoms with Crippen LogP contribution < -0.4 is 10.1 Å². The molecule has 3 heteroatoms. The second-order valence-corrected chi connectivity index (χ2v) is 6.37. The Bertz CT molecular complexity index is 689. The fraction of sp³-hybridized carbons (Fsp3) is 0.400. The summed E-state index contributed by atoms with van der Waals surface area (Å²) in [5, 5.41) is 5.92. The van der Waals surface area contributed by atoms with Gasteiger partial charge in [-0.1, -0.05) is 35.9 Å². The zero-order chi connectivity index (χ0) is 16.2. The molecule has 23 heavy (non-hydrogen) atoms. The van der Waals surface area contributed by atoms with E-state index in [1.54, 1.807) is 7.11 Å². The molecule has 0 unspecified atom stereocenters. The number of rotatable bonds is 5. The van der Waals surface area contributed by atoms with Crippen molar-refractivity contribution >= 4 is 10.8 Å². The number of ether oxygens (including phenoxy) is 1. The van der Waals surface area contributed by atoms with Crippen molar-refractivity contribution in [3.05, 3.63) is 54.1 Å². The maximum Gasteiger partial charge on any atom is 0.126 e. The van der Waals surface area contributed by atoms with E-state index in [2.05, 4.69) is 60.1 Å². The van der Waals surface area contributed by atoms with E-state index in [0.29, 0.717) is 6.04 Å². The number of nitrogens with zero attached hydrogens (tertiary/aromatic N) is 1. The minimum atomic E-state index is 0.380. The van der Waals surface area contributed by atoms with Crippen molar-refractivity contribution in [3.63, 3.8) is 0 Å². The van der Waals surface area contributed by atoms with Crippen LogP contribution >= 0.6 is 0 Å². The zero-order valence-corrected chi connectivity index (χ0v) is 14.1. The van der Waals surface area contributed by atoms with Crippen LogP contribution in [-0.2, 0) is 0 Å². The number of methoxy groups -OCH3 is 1. The van der Waals surface area contributed by atoms with Crippen molar-refractivity contribution in [2.75, 3.05) is 33.3 Å². The molecule has 0 spiro atoms. The first kappa shape index (κ1) is 16.0. The van der Waals surface area contributed by atoms with Gasteiger partial charge in [-0.15, -0.1) is 6.58 Å². The lowest BCUT2D eigenvalue weighted by Crippen LogP contribution is -2.45. The van der Waals surface area contributed by atoms with Crippen LogP contribution in [0.5, 0.6) is 5.75 Å². The van der Waals surface area contributed by atoms with Gasteiger partial charge in [0.05, 0.1) is 7.11 Å². The SMILES string of the molecule is C=C(C)C[C@H](c1ccc(OC)c2ccccc12)N1CCNCC1. The van der Waals surface area contributed by atoms with E-state index in [-0.39, 0.29) is 0 Å². The van der Waals surface area contributed by atoms with Gasteiger partial charge in [-0.25, -0.2) is 0 Å². The number of nitrogens with one attached hydrogen (secondary N) is 1. The van der Waals surface area contributed by atoms with Crippen molar-refractivity contribution in [1.82, 2.24) is 10.2 Å². The van der Waals surface area contributed by atoms with Crippen molar-refractivity contribution in [3.8, 4) is 5.75 Å². The van der Waals surface area contributed by atoms with Crippen LogP contribution in [0.2, 0.25) is 0 Å². The molecular weight excluding hydrogens is 284 g/mol. The Labute approximate surface area is 138 Å². The third-order valence-electron chi connectivity index (χ3n) is 4.63. The molecule has 0 saturated carbocycles. The summed E-state index contributed by atoms with van der Waals surface area (Å²) in [4.78, 5) is 2.58. The van der Waals surface area contributed by atoms with Gasteiger partial charge in [-0.3, -0.25) is 4.90 Å². The fourth-order valence-electron chi connectivity index (χ4n) is 3.52. The topological polar surface area (TPSA) is 24.5 Å². The quantitative estimate of drug-likeness (QED) is 0.851. The van der Waals surface area contributed by atoms with Crippen LogP contribution in [0, 0.1) is 0 Å². The molecule has 0 amide bonds. The highest BCUT2D eigenvalue weighted by molar-refractivity contribution is 5.91. The van der Waals surface area contributed by atoms with Gasteiger partial charge in [0, 0.05) is 37.6 Å². The van der Waals surface area contributed by atoms with Gasteiger partial charge in [0.2, 0.25) is 0 Å². The molecule has 0 aromatic heterocycles. The first-order chi connectivity index (χ1) is 11.2. The molecule has 3 rings (SSSR count). The smallest absolute Gasteiger partial charge is 0.126 e. The molecule has 0 bridgehead atoms. The largest absolute Gasteiger partial charge is 0.496 e. The Morgan fingerprint density at radius 1 is 1.17 bits per heavy atom. The molecule has 122 valence electrons. The molecule has 0 radical (unpaired) electrons. The summed E-state index contributed by atoms with van der Waals surface area (Å²) in [6.45, 7) is 10.6. The van der Waals surface area contributed by atoms with E-state index in [9.17, 15) is 0 Å². The third kappa shape index (κ3) is 3.41. The van der Waals surface area contributed by atoms with Crippen molar-refractivity contribution in [2.24, 2.45) is 0 Å². The number of benzene rings is 2. The predicted octanol–water partition coefficient (Wildman–Crippen LogP) is 3.76. The van der Waals surface area contributed by atoms with E-state index in [4.69, 9.17) is 4.74 Å². The van der Waals surface area contributed by atoms with Crippen molar-refractivity contribution in [1.29, 1.82) is 0 Å². The van der Waals surface area contributed by atoms with Crippen LogP contribution in [0.25, 0.3) is 10.8 Å². The van der Waals surface area contributed by atoms with Crippen molar-refractivity contribution < 1.29 is 4.74 Å². The summed E-state index contributed by atoms with van der Waals surface area (Å²) < 4.78 is 5.55. The summed E-state index contributed by atoms with van der Waals surface area (Å²) in [7, 11) is 1.74. The highest BCUT2D eigenvalue weighted by atomic mass is 16.5. The molecular formula is C20H26N2O. The normalized spacial score (nSPS) is 17.1. The van der Waals surface area contributed by atoms with Crippen LogP contribution in [0.3, 0.4) is 0 Å². The number of hydrogen-bond donors (Lipinski definition) is 1. The Balaban J connectivity index is 2.08. The molecule has 1 fully saturated rings. The van der Waals surface area contributed by atoms with E-state index < -0.39 is 0 Å². The standard InChI is InChI=1S/C20H26N2O/c1-15(2)14-19(22-12-10-21-11-13-22)17-8-9-20(23-3)18-7-5-4-6-16(17)18/h4-9,19,21H,1,10-14H2,2-3H3/t19-/m1/s1. The molecule has 2 aromatic rings. The maximum absolute atomic E-state index is 5.55. The Morgan fingerprint density at radius 3 is 2.52 bits per heavy atom. The summed E-state index contributed by atoms with van der Waals surface area (Å²) in [6.07, 6.45) is 0.996. The second-order valence-electron chi connectivity index (χ2n) is 6.37. The summed E-state index contributed by atoms with van der Waals surface area (Å²) in [6, 6.07) is 13.3. The highest BCUT2D eigenvalue weighted by Crippen LogP contribution is 2.36. The molecule has 2 aromatic carbocycles. The lowest BCUT2D eigenvalue weighted by atomic mass is 9.92. The van der Waals surface area contributed by atoms with Gasteiger partial charge < -0.3 is 10.1 Å². The Kier molecular flexibility index (Phi) is 4.99. The Hall–Kier alpha value is -1.84. The minimum Gasteiger partial charge on any atom is -0.496 e. The number of hydrogen-bond acceptors (Lipinski definition) is 3. The fourth-order valence-corrected chi connectivity index (χ4v) is 3.52. The van der Waals surface area contributed by atoms with E-state index >= 15 is 0 Å². The Morgan fingerprint density at radius 2 is 1.87 bits per heavy atom. The molecule has 0 aliphatic carbocycles. The molecule has 1 aliphatic heterocycles. The highest BCUT2D eigenvalue weighted by Gasteiger charge is 2.24. The average Bonchev–Trinajstić information content (AvgIpc) is 2.59. The van der Waals surface area contributed by atoms with Gasteiger partial charge in [-0.2, -0.15) is 0 Å². The van der Waals surface area contributed by atoms with Crippen LogP contribution in [0.1, 0.15) is 24.9 Å². The van der Waals surface area contributed by atoms with Gasteiger partial charge in [-0.05, 0) is 30.4 Å². The molecule has 1 N–H and O–H groups in total. The van der Waals surface area contributed by atoms with Gasteiger partial charge in [0.1, 0.15) is 5.75 Å². The first-order valence-electron chi connectivity index (χ1n) is 8.35.